The van der Waals surface area contributed by atoms with Crippen LogP contribution in [0.4, 0.5) is 4.39 Å². The van der Waals surface area contributed by atoms with Gasteiger partial charge in [0.15, 0.2) is 0 Å². The molecule has 1 aromatic rings. The summed E-state index contributed by atoms with van der Waals surface area (Å²) in [5.41, 5.74) is 0.378. The van der Waals surface area contributed by atoms with E-state index in [1.807, 2.05) is 0 Å². The first-order chi connectivity index (χ1) is 7.59. The number of carbonyl (C=O) groups is 2. The second-order valence-electron chi connectivity index (χ2n) is 3.66. The van der Waals surface area contributed by atoms with Crippen molar-refractivity contribution in [1.82, 2.24) is 4.90 Å². The highest BCUT2D eigenvalue weighted by Crippen LogP contribution is 2.35. The number of hydrogen-bond acceptors (Lipinski definition) is 2. The maximum Gasteiger partial charge on any atom is 0.323 e. The molecule has 4 nitrogen and oxygen atoms in total. The van der Waals surface area contributed by atoms with Gasteiger partial charge in [0.2, 0.25) is 5.91 Å². The van der Waals surface area contributed by atoms with E-state index in [4.69, 9.17) is 5.11 Å². The molecule has 0 radical (unpaired) electrons. The van der Waals surface area contributed by atoms with E-state index >= 15 is 0 Å². The minimum atomic E-state index is -1.09. The fourth-order valence-corrected chi connectivity index (χ4v) is 1.82. The van der Waals surface area contributed by atoms with Gasteiger partial charge in [-0.1, -0.05) is 18.2 Å². The highest BCUT2D eigenvalue weighted by Gasteiger charge is 2.39. The van der Waals surface area contributed by atoms with Crippen molar-refractivity contribution in [2.45, 2.75) is 12.5 Å². The van der Waals surface area contributed by atoms with E-state index in [1.54, 1.807) is 18.2 Å². The zero-order valence-corrected chi connectivity index (χ0v) is 8.39. The minimum absolute atomic E-state index is 0.175. The number of aliphatic carboxylic acids is 1. The molecule has 0 aromatic heterocycles. The summed E-state index contributed by atoms with van der Waals surface area (Å²) in [7, 11) is 0. The molecule has 0 spiro atoms. The minimum Gasteiger partial charge on any atom is -0.480 e. The predicted molar refractivity (Wildman–Crippen MR) is 53.1 cm³/mol. The Hall–Kier alpha value is -1.91. The molecule has 1 saturated heterocycles. The Morgan fingerprint density at radius 1 is 1.50 bits per heavy atom. The van der Waals surface area contributed by atoms with E-state index in [-0.39, 0.29) is 18.9 Å². The first-order valence-electron chi connectivity index (χ1n) is 4.85. The van der Waals surface area contributed by atoms with Crippen LogP contribution in [0.25, 0.3) is 0 Å². The van der Waals surface area contributed by atoms with Crippen molar-refractivity contribution in [2.75, 3.05) is 6.54 Å². The summed E-state index contributed by atoms with van der Waals surface area (Å²) in [5, 5.41) is 8.61. The molecule has 2 rings (SSSR count). The number of likely N-dealkylation sites (tertiary alicyclic amines) is 1. The Morgan fingerprint density at radius 2 is 2.19 bits per heavy atom. The van der Waals surface area contributed by atoms with Crippen LogP contribution in [0.5, 0.6) is 0 Å². The third-order valence-electron chi connectivity index (χ3n) is 2.63. The normalized spacial score (nSPS) is 19.4. The zero-order chi connectivity index (χ0) is 11.7. The number of carbonyl (C=O) groups excluding carboxylic acids is 1. The molecule has 0 bridgehead atoms. The summed E-state index contributed by atoms with van der Waals surface area (Å²) in [6.07, 6.45) is 0.175. The predicted octanol–water partition coefficient (Wildman–Crippen LogP) is 1.18. The lowest BCUT2D eigenvalue weighted by Crippen LogP contribution is -2.49. The molecule has 0 aliphatic carbocycles. The van der Waals surface area contributed by atoms with Crippen LogP contribution in [0.1, 0.15) is 18.0 Å². The third kappa shape index (κ3) is 1.76. The van der Waals surface area contributed by atoms with Crippen LogP contribution in [0, 0.1) is 5.82 Å². The molecule has 1 aliphatic rings. The smallest absolute Gasteiger partial charge is 0.323 e. The van der Waals surface area contributed by atoms with Gasteiger partial charge in [0.25, 0.3) is 0 Å². The summed E-state index contributed by atoms with van der Waals surface area (Å²) in [6.45, 7) is -0.377. The molecule has 0 saturated carbocycles. The highest BCUT2D eigenvalue weighted by molar-refractivity contribution is 5.87. The van der Waals surface area contributed by atoms with Crippen molar-refractivity contribution < 1.29 is 19.1 Å². The number of halogens is 1. The second-order valence-corrected chi connectivity index (χ2v) is 3.66. The van der Waals surface area contributed by atoms with Gasteiger partial charge >= 0.3 is 5.97 Å². The number of rotatable bonds is 3. The number of β-lactam (4-membered cyclic amide) rings is 1. The van der Waals surface area contributed by atoms with Gasteiger partial charge in [-0.25, -0.2) is 4.39 Å². The molecule has 1 N–H and O–H groups in total. The van der Waals surface area contributed by atoms with Gasteiger partial charge in [-0.3, -0.25) is 9.59 Å². The summed E-state index contributed by atoms with van der Waals surface area (Å²) in [6, 6.07) is 5.66. The van der Waals surface area contributed by atoms with Gasteiger partial charge in [-0.15, -0.1) is 0 Å². The van der Waals surface area contributed by atoms with E-state index < -0.39 is 17.8 Å². The number of hydrogen-bond donors (Lipinski definition) is 1. The summed E-state index contributed by atoms with van der Waals surface area (Å²) in [4.78, 5) is 22.9. The molecule has 16 heavy (non-hydrogen) atoms. The lowest BCUT2D eigenvalue weighted by molar-refractivity contribution is -0.155. The molecule has 1 heterocycles. The molecule has 1 aliphatic heterocycles. The zero-order valence-electron chi connectivity index (χ0n) is 8.39. The van der Waals surface area contributed by atoms with Gasteiger partial charge in [0, 0.05) is 5.56 Å². The van der Waals surface area contributed by atoms with E-state index in [0.717, 1.165) is 0 Å². The quantitative estimate of drug-likeness (QED) is 0.783. The molecule has 84 valence electrons. The lowest BCUT2D eigenvalue weighted by atomic mass is 9.93. The van der Waals surface area contributed by atoms with Gasteiger partial charge in [-0.05, 0) is 6.07 Å². The Bertz CT molecular complexity index is 447. The molecule has 5 heteroatoms. The SMILES string of the molecule is O=C(O)CN1C(=O)CC1c1ccccc1F. The van der Waals surface area contributed by atoms with Crippen LogP contribution in [-0.4, -0.2) is 28.4 Å². The van der Waals surface area contributed by atoms with Crippen molar-refractivity contribution in [3.05, 3.63) is 35.6 Å². The van der Waals surface area contributed by atoms with E-state index in [2.05, 4.69) is 0 Å². The second kappa shape index (κ2) is 3.92. The molecular weight excluding hydrogens is 213 g/mol. The Morgan fingerprint density at radius 3 is 2.75 bits per heavy atom. The standard InChI is InChI=1S/C11H10FNO3/c12-8-4-2-1-3-7(8)9-5-10(14)13(9)6-11(15)16/h1-4,9H,5-6H2,(H,15,16). The first kappa shape index (κ1) is 10.6. The van der Waals surface area contributed by atoms with Crippen LogP contribution in [0.15, 0.2) is 24.3 Å². The molecule has 1 fully saturated rings. The summed E-state index contributed by atoms with van der Waals surface area (Å²) < 4.78 is 13.4. The largest absolute Gasteiger partial charge is 0.480 e. The Balaban J connectivity index is 2.20. The van der Waals surface area contributed by atoms with Crippen molar-refractivity contribution in [1.29, 1.82) is 0 Å². The average molecular weight is 223 g/mol. The van der Waals surface area contributed by atoms with Crippen molar-refractivity contribution in [2.24, 2.45) is 0 Å². The number of amides is 1. The van der Waals surface area contributed by atoms with Crippen LogP contribution >= 0.6 is 0 Å². The van der Waals surface area contributed by atoms with Crippen molar-refractivity contribution in [3.8, 4) is 0 Å². The maximum absolute atomic E-state index is 13.4. The van der Waals surface area contributed by atoms with Gasteiger partial charge < -0.3 is 10.0 Å². The Kier molecular flexibility index (Phi) is 2.60. The van der Waals surface area contributed by atoms with Crippen LogP contribution < -0.4 is 0 Å². The molecule has 1 amide bonds. The summed E-state index contributed by atoms with van der Waals surface area (Å²) >= 11 is 0. The fraction of sp³-hybridized carbons (Fsp3) is 0.273. The van der Waals surface area contributed by atoms with Crippen LogP contribution in [0.3, 0.4) is 0 Å². The summed E-state index contributed by atoms with van der Waals surface area (Å²) in [5.74, 6) is -1.75. The van der Waals surface area contributed by atoms with Crippen molar-refractivity contribution >= 4 is 11.9 Å². The van der Waals surface area contributed by atoms with E-state index in [0.29, 0.717) is 5.56 Å². The van der Waals surface area contributed by atoms with Crippen LogP contribution in [-0.2, 0) is 9.59 Å². The third-order valence-corrected chi connectivity index (χ3v) is 2.63. The van der Waals surface area contributed by atoms with Gasteiger partial charge in [-0.2, -0.15) is 0 Å². The number of nitrogens with zero attached hydrogens (tertiary/aromatic N) is 1. The topological polar surface area (TPSA) is 57.6 Å². The fourth-order valence-electron chi connectivity index (χ4n) is 1.82. The number of benzene rings is 1. The lowest BCUT2D eigenvalue weighted by Gasteiger charge is -2.39. The average Bonchev–Trinajstić information content (AvgIpc) is 2.24. The van der Waals surface area contributed by atoms with Crippen molar-refractivity contribution in [3.63, 3.8) is 0 Å². The van der Waals surface area contributed by atoms with E-state index in [1.165, 1.54) is 11.0 Å². The highest BCUT2D eigenvalue weighted by atomic mass is 19.1. The Labute approximate surface area is 91.3 Å². The number of carboxylic acid groups (broad SMARTS) is 1. The van der Waals surface area contributed by atoms with Crippen LogP contribution in [0.2, 0.25) is 0 Å². The molecular formula is C11H10FNO3. The first-order valence-corrected chi connectivity index (χ1v) is 4.85. The molecule has 1 aromatic carbocycles. The van der Waals surface area contributed by atoms with E-state index in [9.17, 15) is 14.0 Å². The molecule has 1 atom stereocenters. The van der Waals surface area contributed by atoms with Gasteiger partial charge in [0.1, 0.15) is 12.4 Å². The maximum atomic E-state index is 13.4. The van der Waals surface area contributed by atoms with Gasteiger partial charge in [0.05, 0.1) is 12.5 Å². The monoisotopic (exact) mass is 223 g/mol. The molecule has 1 unspecified atom stereocenters. The number of carboxylic acids is 1.